The minimum Gasteiger partial charge on any atom is -0.382 e. The van der Waals surface area contributed by atoms with E-state index in [9.17, 15) is 8.42 Å². The second-order valence-electron chi connectivity index (χ2n) is 1.65. The molecular formula is C4H10ClNO4S. The molecule has 0 radical (unpaired) electrons. The zero-order valence-electron chi connectivity index (χ0n) is 6.04. The summed E-state index contributed by atoms with van der Waals surface area (Å²) in [6.07, 6.45) is 0. The summed E-state index contributed by atoms with van der Waals surface area (Å²) in [4.78, 5) is 6.29. The first-order chi connectivity index (χ1) is 5.12. The van der Waals surface area contributed by atoms with E-state index in [1.54, 1.807) is 4.89 Å². The molecule has 0 rings (SSSR count). The lowest BCUT2D eigenvalue weighted by atomic mass is 10.8. The molecular weight excluding hydrogens is 194 g/mol. The second kappa shape index (κ2) is 5.73. The normalized spacial score (nSPS) is 11.8. The monoisotopic (exact) mass is 203 g/mol. The third kappa shape index (κ3) is 6.52. The first kappa shape index (κ1) is 11.1. The highest BCUT2D eigenvalue weighted by Crippen LogP contribution is 1.87. The number of ether oxygens (including phenoxy) is 1. The van der Waals surface area contributed by atoms with Crippen LogP contribution in [0.5, 0.6) is 0 Å². The van der Waals surface area contributed by atoms with E-state index in [1.165, 1.54) is 7.11 Å². The smallest absolute Gasteiger partial charge is 0.247 e. The van der Waals surface area contributed by atoms with Crippen LogP contribution in [-0.2, 0) is 19.6 Å². The van der Waals surface area contributed by atoms with Crippen LogP contribution < -0.4 is 4.89 Å². The average Bonchev–Trinajstić information content (AvgIpc) is 1.99. The van der Waals surface area contributed by atoms with E-state index in [0.717, 1.165) is 0 Å². The Balaban J connectivity index is 3.39. The number of hydrogen-bond acceptors (Lipinski definition) is 4. The highest BCUT2D eigenvalue weighted by Gasteiger charge is 2.05. The van der Waals surface area contributed by atoms with Crippen LogP contribution in [0.15, 0.2) is 0 Å². The van der Waals surface area contributed by atoms with Gasteiger partial charge in [-0.1, -0.05) is 4.89 Å². The maximum atomic E-state index is 10.6. The summed E-state index contributed by atoms with van der Waals surface area (Å²) < 4.78 is 25.7. The average molecular weight is 204 g/mol. The van der Waals surface area contributed by atoms with Gasteiger partial charge in [-0.05, 0) is 0 Å². The van der Waals surface area contributed by atoms with Gasteiger partial charge in [-0.2, -0.15) is 0 Å². The predicted octanol–water partition coefficient (Wildman–Crippen LogP) is -0.320. The Hall–Kier alpha value is 0.120. The van der Waals surface area contributed by atoms with Gasteiger partial charge in [0, 0.05) is 7.11 Å². The van der Waals surface area contributed by atoms with Crippen LogP contribution in [0.1, 0.15) is 0 Å². The van der Waals surface area contributed by atoms with Crippen LogP contribution in [0.25, 0.3) is 0 Å². The van der Waals surface area contributed by atoms with Gasteiger partial charge in [-0.15, -0.1) is 11.6 Å². The van der Waals surface area contributed by atoms with Crippen molar-refractivity contribution in [2.75, 3.05) is 25.5 Å². The number of nitrogens with one attached hydrogen (secondary N) is 1. The number of rotatable bonds is 6. The summed E-state index contributed by atoms with van der Waals surface area (Å²) in [5.74, 6) is 0. The minimum absolute atomic E-state index is 0.159. The second-order valence-corrected chi connectivity index (χ2v) is 3.92. The number of halogens is 1. The van der Waals surface area contributed by atoms with E-state index < -0.39 is 15.2 Å². The Labute approximate surface area is 70.6 Å². The fraction of sp³-hybridized carbons (Fsp3) is 1.00. The van der Waals surface area contributed by atoms with Crippen molar-refractivity contribution in [3.05, 3.63) is 0 Å². The van der Waals surface area contributed by atoms with E-state index in [1.807, 2.05) is 0 Å². The molecule has 0 aliphatic rings. The van der Waals surface area contributed by atoms with Crippen LogP contribution in [0.3, 0.4) is 0 Å². The quantitative estimate of drug-likeness (QED) is 0.365. The Kier molecular flexibility index (Phi) is 5.79. The van der Waals surface area contributed by atoms with Crippen molar-refractivity contribution < 1.29 is 18.0 Å². The maximum Gasteiger partial charge on any atom is 0.247 e. The van der Waals surface area contributed by atoms with Crippen molar-refractivity contribution in [1.82, 2.24) is 4.89 Å². The number of methoxy groups -OCH3 is 1. The van der Waals surface area contributed by atoms with Gasteiger partial charge in [0.25, 0.3) is 0 Å². The summed E-state index contributed by atoms with van der Waals surface area (Å²) in [6, 6.07) is 0. The lowest BCUT2D eigenvalue weighted by Gasteiger charge is -2.02. The van der Waals surface area contributed by atoms with E-state index in [2.05, 4.69) is 9.57 Å². The van der Waals surface area contributed by atoms with Gasteiger partial charge in [-0.3, -0.25) is 4.84 Å². The zero-order chi connectivity index (χ0) is 8.74. The van der Waals surface area contributed by atoms with Crippen LogP contribution in [-0.4, -0.2) is 34.0 Å². The molecule has 0 saturated carbocycles. The standard InChI is InChI=1S/C4H10ClNO4S/c1-9-2-3-10-6-11(7,8)4-5/h6H,2-4H2,1H3. The lowest BCUT2D eigenvalue weighted by Crippen LogP contribution is -2.26. The molecule has 0 aromatic rings. The molecule has 1 N–H and O–H groups in total. The minimum atomic E-state index is -3.46. The van der Waals surface area contributed by atoms with Crippen molar-refractivity contribution in [1.29, 1.82) is 0 Å². The summed E-state index contributed by atoms with van der Waals surface area (Å²) in [5.41, 5.74) is 0. The molecule has 68 valence electrons. The van der Waals surface area contributed by atoms with Gasteiger partial charge in [-0.25, -0.2) is 8.42 Å². The molecule has 0 aromatic heterocycles. The molecule has 0 amide bonds. The van der Waals surface area contributed by atoms with Gasteiger partial charge in [0.15, 0.2) is 0 Å². The molecule has 0 aromatic carbocycles. The Bertz CT molecular complexity index is 181. The van der Waals surface area contributed by atoms with Crippen LogP contribution in [0.4, 0.5) is 0 Å². The largest absolute Gasteiger partial charge is 0.382 e. The van der Waals surface area contributed by atoms with Gasteiger partial charge < -0.3 is 4.74 Å². The lowest BCUT2D eigenvalue weighted by molar-refractivity contribution is 0.0441. The van der Waals surface area contributed by atoms with Gasteiger partial charge in [0.2, 0.25) is 10.0 Å². The summed E-state index contributed by atoms with van der Waals surface area (Å²) in [7, 11) is -1.98. The molecule has 0 atom stereocenters. The van der Waals surface area contributed by atoms with E-state index >= 15 is 0 Å². The number of alkyl halides is 1. The van der Waals surface area contributed by atoms with Crippen LogP contribution in [0, 0.1) is 0 Å². The van der Waals surface area contributed by atoms with Gasteiger partial charge >= 0.3 is 0 Å². The van der Waals surface area contributed by atoms with Gasteiger partial charge in [0.05, 0.1) is 13.2 Å². The Morgan fingerprint density at radius 1 is 1.45 bits per heavy atom. The van der Waals surface area contributed by atoms with Gasteiger partial charge in [0.1, 0.15) is 5.21 Å². The molecule has 7 heteroatoms. The molecule has 5 nitrogen and oxygen atoms in total. The van der Waals surface area contributed by atoms with E-state index in [4.69, 9.17) is 11.6 Å². The van der Waals surface area contributed by atoms with E-state index in [-0.39, 0.29) is 6.61 Å². The molecule has 0 aliphatic carbocycles. The van der Waals surface area contributed by atoms with Crippen molar-refractivity contribution >= 4 is 21.6 Å². The first-order valence-corrected chi connectivity index (χ1v) is 4.97. The molecule has 0 saturated heterocycles. The maximum absolute atomic E-state index is 10.6. The van der Waals surface area contributed by atoms with E-state index in [0.29, 0.717) is 6.61 Å². The van der Waals surface area contributed by atoms with Crippen molar-refractivity contribution in [2.45, 2.75) is 0 Å². The van der Waals surface area contributed by atoms with Crippen LogP contribution >= 0.6 is 11.6 Å². The summed E-state index contributed by atoms with van der Waals surface area (Å²) >= 11 is 5.04. The molecule has 0 fully saturated rings. The Morgan fingerprint density at radius 2 is 2.09 bits per heavy atom. The Morgan fingerprint density at radius 3 is 2.55 bits per heavy atom. The van der Waals surface area contributed by atoms with Crippen molar-refractivity contribution in [2.24, 2.45) is 0 Å². The van der Waals surface area contributed by atoms with Crippen LogP contribution in [0.2, 0.25) is 0 Å². The molecule has 0 spiro atoms. The molecule has 0 unspecified atom stereocenters. The third-order valence-electron chi connectivity index (χ3n) is 0.719. The van der Waals surface area contributed by atoms with Crippen molar-refractivity contribution in [3.63, 3.8) is 0 Å². The molecule has 0 bridgehead atoms. The zero-order valence-corrected chi connectivity index (χ0v) is 7.61. The summed E-state index contributed by atoms with van der Waals surface area (Å²) in [6.45, 7) is 0.484. The highest BCUT2D eigenvalue weighted by atomic mass is 35.5. The highest BCUT2D eigenvalue weighted by molar-refractivity contribution is 7.90. The third-order valence-corrected chi connectivity index (χ3v) is 2.24. The molecule has 0 aliphatic heterocycles. The molecule has 11 heavy (non-hydrogen) atoms. The SMILES string of the molecule is COCCONS(=O)(=O)CCl. The topological polar surface area (TPSA) is 64.6 Å². The predicted molar refractivity (Wildman–Crippen MR) is 40.6 cm³/mol. The fourth-order valence-corrected chi connectivity index (χ4v) is 0.720. The number of sulfonamides is 1. The molecule has 0 heterocycles. The number of hydrogen-bond donors (Lipinski definition) is 1. The fourth-order valence-electron chi connectivity index (χ4n) is 0.279. The summed E-state index contributed by atoms with van der Waals surface area (Å²) in [5, 5.41) is -0.514. The van der Waals surface area contributed by atoms with Crippen molar-refractivity contribution in [3.8, 4) is 0 Å². The first-order valence-electron chi connectivity index (χ1n) is 2.78.